The SMILES string of the molecule is CCOC(=O)C1CCN(C(=O)CNc2cccc(NC(C)=O)c2)CC1. The Morgan fingerprint density at radius 2 is 1.88 bits per heavy atom. The van der Waals surface area contributed by atoms with Crippen molar-refractivity contribution in [1.82, 2.24) is 4.90 Å². The van der Waals surface area contributed by atoms with Gasteiger partial charge in [-0.25, -0.2) is 0 Å². The van der Waals surface area contributed by atoms with Gasteiger partial charge in [-0.2, -0.15) is 0 Å². The average molecular weight is 347 g/mol. The Balaban J connectivity index is 1.79. The van der Waals surface area contributed by atoms with Crippen LogP contribution in [0.1, 0.15) is 26.7 Å². The summed E-state index contributed by atoms with van der Waals surface area (Å²) >= 11 is 0. The summed E-state index contributed by atoms with van der Waals surface area (Å²) in [4.78, 5) is 36.9. The lowest BCUT2D eigenvalue weighted by atomic mass is 9.97. The van der Waals surface area contributed by atoms with Gasteiger partial charge in [0.25, 0.3) is 0 Å². The Bertz CT molecular complexity index is 625. The second kappa shape index (κ2) is 9.05. The number of hydrogen-bond acceptors (Lipinski definition) is 5. The normalized spacial score (nSPS) is 14.7. The highest BCUT2D eigenvalue weighted by Gasteiger charge is 2.27. The molecule has 0 aromatic heterocycles. The van der Waals surface area contributed by atoms with Crippen molar-refractivity contribution < 1.29 is 19.1 Å². The monoisotopic (exact) mass is 347 g/mol. The summed E-state index contributed by atoms with van der Waals surface area (Å²) in [6, 6.07) is 7.21. The minimum Gasteiger partial charge on any atom is -0.466 e. The summed E-state index contributed by atoms with van der Waals surface area (Å²) in [5.41, 5.74) is 1.45. The lowest BCUT2D eigenvalue weighted by molar-refractivity contribution is -0.151. The fourth-order valence-corrected chi connectivity index (χ4v) is 2.82. The van der Waals surface area contributed by atoms with Crippen molar-refractivity contribution in [1.29, 1.82) is 0 Å². The molecule has 1 aliphatic heterocycles. The molecule has 2 N–H and O–H groups in total. The molecule has 0 radical (unpaired) electrons. The molecule has 0 bridgehead atoms. The molecule has 7 nitrogen and oxygen atoms in total. The second-order valence-electron chi connectivity index (χ2n) is 6.02. The third kappa shape index (κ3) is 5.77. The third-order valence-electron chi connectivity index (χ3n) is 4.09. The van der Waals surface area contributed by atoms with Crippen molar-refractivity contribution in [2.45, 2.75) is 26.7 Å². The summed E-state index contributed by atoms with van der Waals surface area (Å²) in [7, 11) is 0. The van der Waals surface area contributed by atoms with Gasteiger partial charge in [-0.1, -0.05) is 6.07 Å². The number of benzene rings is 1. The van der Waals surface area contributed by atoms with Crippen molar-refractivity contribution >= 4 is 29.2 Å². The van der Waals surface area contributed by atoms with E-state index in [9.17, 15) is 14.4 Å². The number of nitrogens with zero attached hydrogens (tertiary/aromatic N) is 1. The van der Waals surface area contributed by atoms with E-state index >= 15 is 0 Å². The van der Waals surface area contributed by atoms with Crippen LogP contribution >= 0.6 is 0 Å². The fraction of sp³-hybridized carbons (Fsp3) is 0.500. The highest BCUT2D eigenvalue weighted by Crippen LogP contribution is 2.19. The number of piperidine rings is 1. The van der Waals surface area contributed by atoms with Gasteiger partial charge < -0.3 is 20.3 Å². The summed E-state index contributed by atoms with van der Waals surface area (Å²) < 4.78 is 5.04. The van der Waals surface area contributed by atoms with Crippen molar-refractivity contribution in [3.63, 3.8) is 0 Å². The molecule has 1 fully saturated rings. The lowest BCUT2D eigenvalue weighted by Gasteiger charge is -2.31. The van der Waals surface area contributed by atoms with Crippen LogP contribution in [-0.2, 0) is 19.1 Å². The Hall–Kier alpha value is -2.57. The number of likely N-dealkylation sites (tertiary alicyclic amines) is 1. The third-order valence-corrected chi connectivity index (χ3v) is 4.09. The number of esters is 1. The summed E-state index contributed by atoms with van der Waals surface area (Å²) in [6.45, 7) is 4.94. The first-order valence-electron chi connectivity index (χ1n) is 8.55. The molecule has 0 atom stereocenters. The Kier molecular flexibility index (Phi) is 6.80. The van der Waals surface area contributed by atoms with E-state index in [0.717, 1.165) is 5.69 Å². The molecule has 25 heavy (non-hydrogen) atoms. The molecule has 1 aliphatic rings. The minimum atomic E-state index is -0.164. The van der Waals surface area contributed by atoms with Gasteiger partial charge in [-0.15, -0.1) is 0 Å². The van der Waals surface area contributed by atoms with Crippen LogP contribution in [0, 0.1) is 5.92 Å². The average Bonchev–Trinajstić information content (AvgIpc) is 2.60. The van der Waals surface area contributed by atoms with Gasteiger partial charge >= 0.3 is 5.97 Å². The van der Waals surface area contributed by atoms with Crippen LogP contribution in [0.15, 0.2) is 24.3 Å². The number of anilines is 2. The molecule has 7 heteroatoms. The molecule has 1 saturated heterocycles. The zero-order valence-electron chi connectivity index (χ0n) is 14.7. The first-order valence-corrected chi connectivity index (χ1v) is 8.55. The molecular formula is C18H25N3O4. The van der Waals surface area contributed by atoms with Crippen LogP contribution in [0.25, 0.3) is 0 Å². The minimum absolute atomic E-state index is 0.00719. The van der Waals surface area contributed by atoms with Crippen LogP contribution in [0.4, 0.5) is 11.4 Å². The van der Waals surface area contributed by atoms with Crippen molar-refractivity contribution in [2.75, 3.05) is 36.9 Å². The number of carbonyl (C=O) groups excluding carboxylic acids is 3. The zero-order chi connectivity index (χ0) is 18.2. The first-order chi connectivity index (χ1) is 12.0. The van der Waals surface area contributed by atoms with Crippen LogP contribution in [0.5, 0.6) is 0 Å². The van der Waals surface area contributed by atoms with Crippen LogP contribution in [-0.4, -0.2) is 48.9 Å². The maximum atomic E-state index is 12.3. The van der Waals surface area contributed by atoms with Crippen LogP contribution < -0.4 is 10.6 Å². The topological polar surface area (TPSA) is 87.7 Å². The number of hydrogen-bond donors (Lipinski definition) is 2. The summed E-state index contributed by atoms with van der Waals surface area (Å²) in [5, 5.41) is 5.78. The van der Waals surface area contributed by atoms with Crippen LogP contribution in [0.3, 0.4) is 0 Å². The molecule has 136 valence electrons. The molecule has 0 saturated carbocycles. The van der Waals surface area contributed by atoms with Gasteiger partial charge in [0.1, 0.15) is 0 Å². The lowest BCUT2D eigenvalue weighted by Crippen LogP contribution is -2.43. The molecule has 2 rings (SSSR count). The molecule has 0 spiro atoms. The van der Waals surface area contributed by atoms with E-state index in [0.29, 0.717) is 38.2 Å². The van der Waals surface area contributed by atoms with Crippen LogP contribution in [0.2, 0.25) is 0 Å². The number of rotatable bonds is 6. The Morgan fingerprint density at radius 1 is 1.20 bits per heavy atom. The molecule has 1 aromatic rings. The maximum absolute atomic E-state index is 12.3. The van der Waals surface area contributed by atoms with Gasteiger partial charge in [-0.05, 0) is 38.0 Å². The van der Waals surface area contributed by atoms with E-state index in [-0.39, 0.29) is 30.2 Å². The van der Waals surface area contributed by atoms with Crippen molar-refractivity contribution in [3.05, 3.63) is 24.3 Å². The Morgan fingerprint density at radius 3 is 2.52 bits per heavy atom. The fourth-order valence-electron chi connectivity index (χ4n) is 2.82. The van der Waals surface area contributed by atoms with Gasteiger partial charge in [0.15, 0.2) is 0 Å². The van der Waals surface area contributed by atoms with E-state index < -0.39 is 0 Å². The number of amides is 2. The van der Waals surface area contributed by atoms with E-state index in [4.69, 9.17) is 4.74 Å². The van der Waals surface area contributed by atoms with E-state index in [1.165, 1.54) is 6.92 Å². The standard InChI is InChI=1S/C18H25N3O4/c1-3-25-18(24)14-7-9-21(10-8-14)17(23)12-19-15-5-4-6-16(11-15)20-13(2)22/h4-6,11,14,19H,3,7-10,12H2,1-2H3,(H,20,22). The number of ether oxygens (including phenoxy) is 1. The molecule has 0 aliphatic carbocycles. The second-order valence-corrected chi connectivity index (χ2v) is 6.02. The molecular weight excluding hydrogens is 322 g/mol. The summed E-state index contributed by atoms with van der Waals surface area (Å²) in [6.07, 6.45) is 1.28. The van der Waals surface area contributed by atoms with E-state index in [2.05, 4.69) is 10.6 Å². The largest absolute Gasteiger partial charge is 0.466 e. The highest BCUT2D eigenvalue weighted by molar-refractivity contribution is 5.89. The quantitative estimate of drug-likeness (QED) is 0.767. The van der Waals surface area contributed by atoms with Gasteiger partial charge in [-0.3, -0.25) is 14.4 Å². The summed E-state index contributed by atoms with van der Waals surface area (Å²) in [5.74, 6) is -0.418. The van der Waals surface area contributed by atoms with E-state index in [1.54, 1.807) is 24.0 Å². The van der Waals surface area contributed by atoms with Crippen molar-refractivity contribution in [3.8, 4) is 0 Å². The zero-order valence-corrected chi connectivity index (χ0v) is 14.7. The highest BCUT2D eigenvalue weighted by atomic mass is 16.5. The Labute approximate surface area is 147 Å². The molecule has 1 aromatic carbocycles. The van der Waals surface area contributed by atoms with Gasteiger partial charge in [0.2, 0.25) is 11.8 Å². The molecule has 1 heterocycles. The molecule has 0 unspecified atom stereocenters. The van der Waals surface area contributed by atoms with E-state index in [1.807, 2.05) is 12.1 Å². The predicted molar refractivity (Wildman–Crippen MR) is 95.2 cm³/mol. The molecule has 2 amide bonds. The maximum Gasteiger partial charge on any atom is 0.309 e. The van der Waals surface area contributed by atoms with Gasteiger partial charge in [0, 0.05) is 31.4 Å². The number of nitrogens with one attached hydrogen (secondary N) is 2. The number of carbonyl (C=O) groups is 3. The van der Waals surface area contributed by atoms with Gasteiger partial charge in [0.05, 0.1) is 19.1 Å². The smallest absolute Gasteiger partial charge is 0.309 e. The first kappa shape index (κ1) is 18.8. The predicted octanol–water partition coefficient (Wildman–Crippen LogP) is 1.86. The van der Waals surface area contributed by atoms with Crippen molar-refractivity contribution in [2.24, 2.45) is 5.92 Å².